The number of benzene rings is 2. The molecule has 0 bridgehead atoms. The highest BCUT2D eigenvalue weighted by Crippen LogP contribution is 2.33. The minimum atomic E-state index is 0.0164. The fourth-order valence-electron chi connectivity index (χ4n) is 8.27. The van der Waals surface area contributed by atoms with Crippen molar-refractivity contribution < 1.29 is 19.7 Å². The van der Waals surface area contributed by atoms with Crippen molar-refractivity contribution in [1.82, 2.24) is 30.0 Å². The van der Waals surface area contributed by atoms with Gasteiger partial charge < -0.3 is 35.0 Å². The van der Waals surface area contributed by atoms with Crippen LogP contribution in [0.5, 0.6) is 11.5 Å². The molecule has 2 saturated carbocycles. The predicted octanol–water partition coefficient (Wildman–Crippen LogP) is 9.28. The minimum absolute atomic E-state index is 0.0164. The molecule has 2 aromatic heterocycles. The maximum absolute atomic E-state index is 11.9. The Morgan fingerprint density at radius 2 is 1.15 bits per heavy atom. The molecule has 2 aliphatic carbocycles. The fraction of sp³-hybridized carbons (Fsp3) is 0.596. The van der Waals surface area contributed by atoms with E-state index in [1.165, 1.54) is 121 Å². The predicted molar refractivity (Wildman–Crippen MR) is 242 cm³/mol. The molecule has 0 unspecified atom stereocenters. The number of hydrogen-bond acceptors (Lipinski definition) is 11. The Kier molecular flexibility index (Phi) is 18.0. The first-order chi connectivity index (χ1) is 28.9. The molecule has 1 amide bonds. The number of ether oxygens (including phenoxy) is 1. The highest BCUT2D eigenvalue weighted by atomic mass is 32.1. The van der Waals surface area contributed by atoms with Gasteiger partial charge >= 0.3 is 0 Å². The van der Waals surface area contributed by atoms with Crippen LogP contribution in [0.25, 0.3) is 21.1 Å². The van der Waals surface area contributed by atoms with Gasteiger partial charge in [-0.25, -0.2) is 9.97 Å². The first kappa shape index (κ1) is 45.1. The van der Waals surface area contributed by atoms with Gasteiger partial charge in [0, 0.05) is 72.6 Å². The molecule has 10 nitrogen and oxygen atoms in total. The topological polar surface area (TPSA) is 114 Å². The molecular weight excluding hydrogens is 777 g/mol. The van der Waals surface area contributed by atoms with E-state index in [1.807, 2.05) is 43.0 Å². The summed E-state index contributed by atoms with van der Waals surface area (Å²) in [7, 11) is 1.53. The summed E-state index contributed by atoms with van der Waals surface area (Å²) in [5.41, 5.74) is 4.37. The summed E-state index contributed by atoms with van der Waals surface area (Å²) in [6, 6.07) is 16.2. The van der Waals surface area contributed by atoms with E-state index in [4.69, 9.17) is 4.74 Å². The van der Waals surface area contributed by atoms with Gasteiger partial charge in [-0.2, -0.15) is 0 Å². The first-order valence-corrected chi connectivity index (χ1v) is 24.1. The first-order valence-electron chi connectivity index (χ1n) is 22.4. The van der Waals surface area contributed by atoms with Gasteiger partial charge in [0.05, 0.1) is 17.9 Å². The van der Waals surface area contributed by atoms with E-state index in [0.29, 0.717) is 18.8 Å². The molecule has 2 aromatic carbocycles. The lowest BCUT2D eigenvalue weighted by Crippen LogP contribution is -2.42. The number of thiazole rings is 2. The van der Waals surface area contributed by atoms with Crippen LogP contribution < -0.4 is 5.32 Å². The third-order valence-electron chi connectivity index (χ3n) is 12.1. The number of nitrogens with zero attached hydrogens (tertiary/aromatic N) is 5. The second kappa shape index (κ2) is 23.6. The summed E-state index contributed by atoms with van der Waals surface area (Å²) in [5.74, 6) is 0.561. The van der Waals surface area contributed by atoms with Crippen molar-refractivity contribution >= 4 is 28.6 Å². The zero-order valence-electron chi connectivity index (χ0n) is 35.8. The van der Waals surface area contributed by atoms with Crippen molar-refractivity contribution in [3.63, 3.8) is 0 Å². The van der Waals surface area contributed by atoms with Crippen LogP contribution in [0.2, 0.25) is 0 Å². The highest BCUT2D eigenvalue weighted by Gasteiger charge is 2.27. The monoisotopic (exact) mass is 844 g/mol. The Balaban J connectivity index is 0.000000136. The average Bonchev–Trinajstić information content (AvgIpc) is 3.87. The van der Waals surface area contributed by atoms with E-state index < -0.39 is 0 Å². The Labute approximate surface area is 361 Å². The molecule has 6 heterocycles. The van der Waals surface area contributed by atoms with Gasteiger partial charge in [-0.15, -0.1) is 22.7 Å². The average molecular weight is 845 g/mol. The molecule has 0 radical (unpaired) electrons. The lowest BCUT2D eigenvalue weighted by Gasteiger charge is -2.39. The van der Waals surface area contributed by atoms with Gasteiger partial charge in [0.1, 0.15) is 28.1 Å². The smallest absolute Gasteiger partial charge is 0.248 e. The van der Waals surface area contributed by atoms with Gasteiger partial charge in [-0.3, -0.25) is 4.79 Å². The lowest BCUT2D eigenvalue weighted by atomic mass is 9.90. The number of amides is 1. The maximum atomic E-state index is 11.9. The molecule has 4 aliphatic heterocycles. The number of phenolic OH excluding ortho intramolecular Hbond substituents is 2. The standard InChI is InChI=1S/C15H16N2O3S.C12H12N2OS.2C9H17N.C2H6/c1-20-9-14(19)17-7-6-12-13(8-17)21-15(16-12)10-2-4-11(18)5-3-10;15-9-3-1-8(2-4-9)12-14-10-5-6-13-7-11(10)16-12;2*1-2-7-10(8-3-1)9-5-4-6-9;1-2/h2-5,18H,6-9H2,1H3;1-4,13,15H,5-7H2;2*9H,1-8H2;1-2H3. The van der Waals surface area contributed by atoms with Crippen LogP contribution in [0.3, 0.4) is 0 Å². The molecule has 6 aliphatic rings. The quantitative estimate of drug-likeness (QED) is 0.175. The zero-order chi connectivity index (χ0) is 41.4. The minimum Gasteiger partial charge on any atom is -0.508 e. The molecule has 0 spiro atoms. The number of aromatic hydroxyl groups is 2. The molecule has 3 N–H and O–H groups in total. The zero-order valence-corrected chi connectivity index (χ0v) is 37.4. The number of methoxy groups -OCH3 is 1. The summed E-state index contributed by atoms with van der Waals surface area (Å²) in [6.07, 6.45) is 19.5. The van der Waals surface area contributed by atoms with Crippen molar-refractivity contribution in [2.75, 3.05) is 53.0 Å². The summed E-state index contributed by atoms with van der Waals surface area (Å²) in [4.78, 5) is 30.9. The van der Waals surface area contributed by atoms with Gasteiger partial charge in [-0.05, 0) is 126 Å². The van der Waals surface area contributed by atoms with Crippen LogP contribution in [0.4, 0.5) is 0 Å². The van der Waals surface area contributed by atoms with Crippen LogP contribution in [-0.2, 0) is 35.5 Å². The molecule has 59 heavy (non-hydrogen) atoms. The van der Waals surface area contributed by atoms with Crippen molar-refractivity contribution in [3.8, 4) is 32.6 Å². The summed E-state index contributed by atoms with van der Waals surface area (Å²) in [6.45, 7) is 12.9. The second-order valence-electron chi connectivity index (χ2n) is 16.2. The third kappa shape index (κ3) is 13.1. The largest absolute Gasteiger partial charge is 0.508 e. The number of fused-ring (bicyclic) bond motifs is 2. The Morgan fingerprint density at radius 3 is 1.59 bits per heavy atom. The molecule has 2 saturated heterocycles. The molecule has 4 fully saturated rings. The Morgan fingerprint density at radius 1 is 0.678 bits per heavy atom. The van der Waals surface area contributed by atoms with Crippen LogP contribution in [0.15, 0.2) is 48.5 Å². The van der Waals surface area contributed by atoms with Gasteiger partial charge in [0.15, 0.2) is 0 Å². The fourth-order valence-corrected chi connectivity index (χ4v) is 10.5. The van der Waals surface area contributed by atoms with Gasteiger partial charge in [0.2, 0.25) is 5.91 Å². The number of aromatic nitrogens is 2. The Hall–Kier alpha value is -3.39. The van der Waals surface area contributed by atoms with E-state index in [1.54, 1.807) is 46.9 Å². The summed E-state index contributed by atoms with van der Waals surface area (Å²) < 4.78 is 4.90. The molecule has 0 atom stereocenters. The number of carbonyl (C=O) groups excluding carboxylic acids is 1. The van der Waals surface area contributed by atoms with Crippen LogP contribution in [0, 0.1) is 0 Å². The molecule has 12 heteroatoms. The van der Waals surface area contributed by atoms with Gasteiger partial charge in [0.25, 0.3) is 0 Å². The van der Waals surface area contributed by atoms with E-state index >= 15 is 0 Å². The van der Waals surface area contributed by atoms with E-state index in [9.17, 15) is 15.0 Å². The molecule has 322 valence electrons. The number of phenols is 2. The van der Waals surface area contributed by atoms with Crippen molar-refractivity contribution in [2.45, 2.75) is 129 Å². The van der Waals surface area contributed by atoms with Crippen LogP contribution in [-0.4, -0.2) is 106 Å². The van der Waals surface area contributed by atoms with E-state index in [-0.39, 0.29) is 18.3 Å². The van der Waals surface area contributed by atoms with Crippen molar-refractivity contribution in [3.05, 3.63) is 69.7 Å². The molecule has 10 rings (SSSR count). The van der Waals surface area contributed by atoms with Crippen LogP contribution in [0.1, 0.15) is 112 Å². The van der Waals surface area contributed by atoms with Crippen molar-refractivity contribution in [2.24, 2.45) is 0 Å². The SMILES string of the molecule is C1CCN(C2CCC2)CC1.C1CCN(C2CCC2)CC1.CC.COCC(=O)N1CCc2nc(-c3ccc(O)cc3)sc2C1.Oc1ccc(-c2nc3c(s2)CNCC3)cc1. The molecule has 4 aromatic rings. The number of piperidine rings is 2. The second-order valence-corrected chi connectivity index (χ2v) is 18.3. The number of likely N-dealkylation sites (tertiary alicyclic amines) is 2. The summed E-state index contributed by atoms with van der Waals surface area (Å²) >= 11 is 3.35. The lowest BCUT2D eigenvalue weighted by molar-refractivity contribution is -0.136. The molecular formula is C47H68N6O4S2. The highest BCUT2D eigenvalue weighted by molar-refractivity contribution is 7.15. The van der Waals surface area contributed by atoms with Crippen molar-refractivity contribution in [1.29, 1.82) is 0 Å². The number of hydrogen-bond donors (Lipinski definition) is 3. The Bertz CT molecular complexity index is 1780. The number of nitrogens with one attached hydrogen (secondary N) is 1. The maximum Gasteiger partial charge on any atom is 0.248 e. The number of carbonyl (C=O) groups is 1. The van der Waals surface area contributed by atoms with E-state index in [2.05, 4.69) is 25.1 Å². The van der Waals surface area contributed by atoms with Crippen LogP contribution >= 0.6 is 22.7 Å². The third-order valence-corrected chi connectivity index (χ3v) is 14.4. The number of rotatable bonds is 6. The summed E-state index contributed by atoms with van der Waals surface area (Å²) in [5, 5.41) is 23.9. The normalized spacial score (nSPS) is 19.3. The van der Waals surface area contributed by atoms with E-state index in [0.717, 1.165) is 69.7 Å². The van der Waals surface area contributed by atoms with Gasteiger partial charge in [-0.1, -0.05) is 39.5 Å².